The monoisotopic (exact) mass is 445 g/mol. The topological polar surface area (TPSA) is 91.8 Å². The first-order chi connectivity index (χ1) is 16.0. The highest BCUT2D eigenvalue weighted by Gasteiger charge is 2.45. The Bertz CT molecular complexity index is 1290. The summed E-state index contributed by atoms with van der Waals surface area (Å²) in [5, 5.41) is 16.9. The fraction of sp³-hybridized carbons (Fsp3) is 0.417. The molecule has 3 aliphatic rings. The molecule has 0 bridgehead atoms. The molecule has 1 amide bonds. The summed E-state index contributed by atoms with van der Waals surface area (Å²) in [6.45, 7) is 1.95. The van der Waals surface area contributed by atoms with E-state index in [2.05, 4.69) is 26.4 Å². The number of carbonyl (C=O) groups is 1. The summed E-state index contributed by atoms with van der Waals surface area (Å²) in [6, 6.07) is 5.50. The van der Waals surface area contributed by atoms with Gasteiger partial charge in [0.2, 0.25) is 0 Å². The Balaban J connectivity index is 1.16. The second-order valence-electron chi connectivity index (χ2n) is 9.38. The Hall–Kier alpha value is -3.67. The van der Waals surface area contributed by atoms with E-state index in [0.717, 1.165) is 37.3 Å². The van der Waals surface area contributed by atoms with Gasteiger partial charge in [-0.1, -0.05) is 6.07 Å². The van der Waals surface area contributed by atoms with Gasteiger partial charge < -0.3 is 14.8 Å². The molecule has 1 aliphatic heterocycles. The predicted octanol–water partition coefficient (Wildman–Crippen LogP) is 2.55. The number of amides is 1. The van der Waals surface area contributed by atoms with Crippen LogP contribution in [0.1, 0.15) is 51.8 Å². The van der Waals surface area contributed by atoms with Crippen LogP contribution in [0.4, 0.5) is 10.1 Å². The molecule has 2 aromatic heterocycles. The van der Waals surface area contributed by atoms with Crippen molar-refractivity contribution in [2.75, 3.05) is 18.0 Å². The van der Waals surface area contributed by atoms with Crippen molar-refractivity contribution in [3.8, 4) is 6.07 Å². The van der Waals surface area contributed by atoms with Crippen LogP contribution in [0.5, 0.6) is 0 Å². The number of anilines is 1. The number of halogens is 1. The third kappa shape index (κ3) is 3.37. The number of nitrogens with zero attached hydrogens (tertiary/aromatic N) is 6. The van der Waals surface area contributed by atoms with Crippen LogP contribution >= 0.6 is 0 Å². The molecular weight excluding hydrogens is 421 g/mol. The lowest BCUT2D eigenvalue weighted by atomic mass is 10.1. The third-order valence-corrected chi connectivity index (χ3v) is 7.26. The van der Waals surface area contributed by atoms with Gasteiger partial charge in [0.1, 0.15) is 17.4 Å². The normalized spacial score (nSPS) is 22.7. The summed E-state index contributed by atoms with van der Waals surface area (Å²) in [5.74, 6) is 0.652. The molecule has 9 heteroatoms. The number of nitriles is 1. The van der Waals surface area contributed by atoms with Crippen molar-refractivity contribution in [2.24, 2.45) is 18.9 Å². The maximum atomic E-state index is 15.2. The lowest BCUT2D eigenvalue weighted by molar-refractivity contribution is 0.0936. The van der Waals surface area contributed by atoms with Gasteiger partial charge in [0, 0.05) is 37.6 Å². The number of piperidine rings is 1. The molecule has 2 unspecified atom stereocenters. The smallest absolute Gasteiger partial charge is 0.255 e. The molecular formula is C24H24FN7O. The molecule has 3 aromatic rings. The van der Waals surface area contributed by atoms with Gasteiger partial charge in [-0.2, -0.15) is 10.4 Å². The highest BCUT2D eigenvalue weighted by atomic mass is 19.1. The van der Waals surface area contributed by atoms with Crippen LogP contribution in [0, 0.1) is 29.0 Å². The molecule has 3 heterocycles. The fourth-order valence-corrected chi connectivity index (χ4v) is 5.31. The van der Waals surface area contributed by atoms with Crippen LogP contribution in [0.3, 0.4) is 0 Å². The minimum absolute atomic E-state index is 0.0892. The Morgan fingerprint density at radius 2 is 2.15 bits per heavy atom. The third-order valence-electron chi connectivity index (χ3n) is 7.26. The molecule has 1 saturated heterocycles. The summed E-state index contributed by atoms with van der Waals surface area (Å²) in [7, 11) is 1.96. The van der Waals surface area contributed by atoms with Gasteiger partial charge in [-0.25, -0.2) is 9.37 Å². The second kappa shape index (κ2) is 7.44. The number of nitrogens with one attached hydrogen (secondary N) is 1. The number of aromatic nitrogens is 4. The zero-order chi connectivity index (χ0) is 22.7. The Kier molecular flexibility index (Phi) is 4.50. The van der Waals surface area contributed by atoms with Crippen LogP contribution in [-0.2, 0) is 20.0 Å². The summed E-state index contributed by atoms with van der Waals surface area (Å²) in [6.07, 6.45) is 7.81. The SMILES string of the molecule is Cn1cnc2c1CC[C@H]2NC(=O)c1cnn(Cc2ccc(N3CC4CC4C3)c(C#N)c2F)c1. The molecule has 0 spiro atoms. The van der Waals surface area contributed by atoms with Crippen molar-refractivity contribution in [1.29, 1.82) is 5.26 Å². The minimum Gasteiger partial charge on any atom is -0.370 e. The molecule has 2 aliphatic carbocycles. The number of fused-ring (bicyclic) bond motifs is 2. The maximum Gasteiger partial charge on any atom is 0.255 e. The van der Waals surface area contributed by atoms with Crippen LogP contribution in [0.2, 0.25) is 0 Å². The Labute approximate surface area is 190 Å². The van der Waals surface area contributed by atoms with Gasteiger partial charge in [-0.05, 0) is 37.2 Å². The van der Waals surface area contributed by atoms with Crippen LogP contribution in [0.15, 0.2) is 30.9 Å². The van der Waals surface area contributed by atoms with E-state index in [9.17, 15) is 10.1 Å². The van der Waals surface area contributed by atoms with Crippen molar-refractivity contribution in [1.82, 2.24) is 24.6 Å². The summed E-state index contributed by atoms with van der Waals surface area (Å²) >= 11 is 0. The van der Waals surface area contributed by atoms with E-state index in [1.807, 2.05) is 17.7 Å². The fourth-order valence-electron chi connectivity index (χ4n) is 5.31. The average molecular weight is 446 g/mol. The molecule has 0 radical (unpaired) electrons. The van der Waals surface area contributed by atoms with E-state index in [1.54, 1.807) is 18.6 Å². The van der Waals surface area contributed by atoms with Gasteiger partial charge in [0.05, 0.1) is 42.1 Å². The molecule has 3 atom stereocenters. The van der Waals surface area contributed by atoms with Crippen molar-refractivity contribution in [2.45, 2.75) is 31.8 Å². The highest BCUT2D eigenvalue weighted by Crippen LogP contribution is 2.47. The molecule has 8 nitrogen and oxygen atoms in total. The second-order valence-corrected chi connectivity index (χ2v) is 9.38. The zero-order valence-electron chi connectivity index (χ0n) is 18.3. The minimum atomic E-state index is -0.509. The Morgan fingerprint density at radius 1 is 1.33 bits per heavy atom. The molecule has 6 rings (SSSR count). The number of rotatable bonds is 5. The number of carbonyl (C=O) groups excluding carboxylic acids is 1. The first kappa shape index (κ1) is 20.0. The highest BCUT2D eigenvalue weighted by molar-refractivity contribution is 5.94. The van der Waals surface area contributed by atoms with Crippen molar-refractivity contribution < 1.29 is 9.18 Å². The van der Waals surface area contributed by atoms with Gasteiger partial charge in [-0.15, -0.1) is 0 Å². The van der Waals surface area contributed by atoms with Gasteiger partial charge >= 0.3 is 0 Å². The number of aryl methyl sites for hydroxylation is 1. The lowest BCUT2D eigenvalue weighted by Gasteiger charge is -2.22. The number of benzene rings is 1. The molecule has 1 aromatic carbocycles. The van der Waals surface area contributed by atoms with Crippen LogP contribution in [0.25, 0.3) is 0 Å². The number of hydrogen-bond acceptors (Lipinski definition) is 5. The van der Waals surface area contributed by atoms with E-state index >= 15 is 4.39 Å². The quantitative estimate of drug-likeness (QED) is 0.652. The lowest BCUT2D eigenvalue weighted by Crippen LogP contribution is -2.27. The molecule has 33 heavy (non-hydrogen) atoms. The molecule has 1 saturated carbocycles. The van der Waals surface area contributed by atoms with E-state index in [0.29, 0.717) is 28.7 Å². The van der Waals surface area contributed by atoms with Crippen molar-refractivity contribution in [3.05, 3.63) is 64.7 Å². The zero-order valence-corrected chi connectivity index (χ0v) is 18.3. The van der Waals surface area contributed by atoms with Crippen molar-refractivity contribution in [3.63, 3.8) is 0 Å². The van der Waals surface area contributed by atoms with E-state index in [-0.39, 0.29) is 24.1 Å². The first-order valence-electron chi connectivity index (χ1n) is 11.3. The van der Waals surface area contributed by atoms with Gasteiger partial charge in [0.25, 0.3) is 5.91 Å². The summed E-state index contributed by atoms with van der Waals surface area (Å²) in [4.78, 5) is 19.3. The number of imidazole rings is 1. The van der Waals surface area contributed by atoms with E-state index < -0.39 is 5.82 Å². The Morgan fingerprint density at radius 3 is 2.94 bits per heavy atom. The average Bonchev–Trinajstić information content (AvgIpc) is 3.27. The molecule has 2 fully saturated rings. The van der Waals surface area contributed by atoms with Crippen molar-refractivity contribution >= 4 is 11.6 Å². The van der Waals surface area contributed by atoms with Gasteiger partial charge in [-0.3, -0.25) is 9.48 Å². The van der Waals surface area contributed by atoms with E-state index in [1.165, 1.54) is 17.3 Å². The largest absolute Gasteiger partial charge is 0.370 e. The van der Waals surface area contributed by atoms with Crippen LogP contribution < -0.4 is 10.2 Å². The standard InChI is InChI=1S/C24H24FN7O/c1-30-13-27-23-19(3-5-21(23)30)29-24(33)17-8-28-32(12-17)11-14-2-4-20(18(7-26)22(14)25)31-9-15-6-16(15)10-31/h2,4,8,12-13,15-16,19H,3,5-6,9-11H2,1H3,(H,29,33)/t15?,16?,19-/m1/s1. The molecule has 1 N–H and O–H groups in total. The molecule has 168 valence electrons. The maximum absolute atomic E-state index is 15.2. The number of hydrogen-bond donors (Lipinski definition) is 1. The van der Waals surface area contributed by atoms with E-state index in [4.69, 9.17) is 0 Å². The summed E-state index contributed by atoms with van der Waals surface area (Å²) in [5.41, 5.74) is 3.62. The first-order valence-corrected chi connectivity index (χ1v) is 11.3. The summed E-state index contributed by atoms with van der Waals surface area (Å²) < 4.78 is 18.7. The van der Waals surface area contributed by atoms with Crippen LogP contribution in [-0.4, -0.2) is 38.3 Å². The predicted molar refractivity (Wildman–Crippen MR) is 118 cm³/mol. The van der Waals surface area contributed by atoms with Gasteiger partial charge in [0.15, 0.2) is 0 Å².